The van der Waals surface area contributed by atoms with Crippen molar-refractivity contribution in [2.45, 2.75) is 38.8 Å². The number of pyridine rings is 1. The lowest BCUT2D eigenvalue weighted by atomic mass is 10.0. The van der Waals surface area contributed by atoms with Gasteiger partial charge >= 0.3 is 12.0 Å². The topological polar surface area (TPSA) is 138 Å². The van der Waals surface area contributed by atoms with Crippen molar-refractivity contribution in [1.29, 1.82) is 0 Å². The molecule has 2 unspecified atom stereocenters. The fourth-order valence-electron chi connectivity index (χ4n) is 3.49. The van der Waals surface area contributed by atoms with Gasteiger partial charge in [-0.05, 0) is 31.5 Å². The van der Waals surface area contributed by atoms with Gasteiger partial charge in [0.25, 0.3) is 5.56 Å². The number of halogens is 1. The second-order valence-electron chi connectivity index (χ2n) is 7.70. The third-order valence-electron chi connectivity index (χ3n) is 5.39. The van der Waals surface area contributed by atoms with E-state index in [1.807, 2.05) is 0 Å². The largest absolute Gasteiger partial charge is 0.481 e. The van der Waals surface area contributed by atoms with Crippen LogP contribution < -0.4 is 16.2 Å². The molecular weight excluding hydrogens is 459 g/mol. The molecule has 1 aromatic heterocycles. The van der Waals surface area contributed by atoms with Crippen LogP contribution in [0.4, 0.5) is 14.9 Å². The summed E-state index contributed by atoms with van der Waals surface area (Å²) in [7, 11) is 0. The summed E-state index contributed by atoms with van der Waals surface area (Å²) in [5.41, 5.74) is -0.0448. The van der Waals surface area contributed by atoms with Crippen molar-refractivity contribution in [3.8, 4) is 0 Å². The van der Waals surface area contributed by atoms with Crippen LogP contribution in [0.1, 0.15) is 31.9 Å². The van der Waals surface area contributed by atoms with E-state index in [1.165, 1.54) is 23.2 Å². The predicted octanol–water partition coefficient (Wildman–Crippen LogP) is 2.00. The zero-order chi connectivity index (χ0) is 26.0. The Morgan fingerprint density at radius 2 is 1.71 bits per heavy atom. The van der Waals surface area contributed by atoms with Crippen molar-refractivity contribution in [2.24, 2.45) is 0 Å². The molecule has 3 amide bonds. The number of hydrogen-bond acceptors (Lipinski definition) is 5. The van der Waals surface area contributed by atoms with Gasteiger partial charge in [-0.15, -0.1) is 0 Å². The number of Topliss-reactive ketones (excluding diaryl/α,β-unsaturated/α-hetero) is 1. The van der Waals surface area contributed by atoms with Crippen LogP contribution in [-0.4, -0.2) is 64.1 Å². The molecule has 2 aromatic rings. The van der Waals surface area contributed by atoms with Crippen LogP contribution in [0.25, 0.3) is 0 Å². The Balaban J connectivity index is 2.45. The molecule has 10 nitrogen and oxygen atoms in total. The standard InChI is InChI=1S/C24H29FN4O6/c1-3-28(4-2)24(35)27-17-11-8-12-29(23(17)34)19(13-16-9-6-5-7-10-16)22(33)26-18(14-21(31)32)20(30)15-25/h5-12,18-19H,3-4,13-15H2,1-2H3,(H,26,33)(H,27,35)(H,31,32). The fraction of sp³-hybridized carbons (Fsp3) is 0.375. The first-order chi connectivity index (χ1) is 16.7. The molecule has 11 heteroatoms. The molecule has 0 aliphatic carbocycles. The average Bonchev–Trinajstić information content (AvgIpc) is 2.84. The number of benzene rings is 1. The van der Waals surface area contributed by atoms with Gasteiger partial charge in [-0.25, -0.2) is 9.18 Å². The number of nitrogens with one attached hydrogen (secondary N) is 2. The van der Waals surface area contributed by atoms with E-state index in [1.54, 1.807) is 44.2 Å². The molecule has 0 bridgehead atoms. The van der Waals surface area contributed by atoms with Crippen LogP contribution in [0, 0.1) is 0 Å². The first kappa shape index (κ1) is 27.2. The number of urea groups is 1. The number of carboxylic acid groups (broad SMARTS) is 1. The van der Waals surface area contributed by atoms with Crippen molar-refractivity contribution in [2.75, 3.05) is 25.1 Å². The summed E-state index contributed by atoms with van der Waals surface area (Å²) in [6, 6.07) is 8.33. The molecule has 188 valence electrons. The van der Waals surface area contributed by atoms with Gasteiger partial charge in [0, 0.05) is 25.7 Å². The van der Waals surface area contributed by atoms with Gasteiger partial charge in [-0.1, -0.05) is 30.3 Å². The number of aliphatic carboxylic acids is 1. The summed E-state index contributed by atoms with van der Waals surface area (Å²) in [5.74, 6) is -3.32. The zero-order valence-corrected chi connectivity index (χ0v) is 19.6. The van der Waals surface area contributed by atoms with Crippen LogP contribution >= 0.6 is 0 Å². The molecule has 0 saturated heterocycles. The maximum absolute atomic E-state index is 13.2. The molecule has 0 radical (unpaired) electrons. The molecule has 1 aromatic carbocycles. The Labute approximate surface area is 201 Å². The van der Waals surface area contributed by atoms with Crippen LogP contribution in [-0.2, 0) is 20.8 Å². The minimum absolute atomic E-state index is 0.0175. The van der Waals surface area contributed by atoms with Crippen LogP contribution in [0.15, 0.2) is 53.5 Å². The summed E-state index contributed by atoms with van der Waals surface area (Å²) in [5, 5.41) is 13.9. The van der Waals surface area contributed by atoms with E-state index in [9.17, 15) is 28.4 Å². The molecule has 0 fully saturated rings. The van der Waals surface area contributed by atoms with E-state index >= 15 is 0 Å². The number of carbonyl (C=O) groups excluding carboxylic acids is 3. The van der Waals surface area contributed by atoms with Crippen molar-refractivity contribution >= 4 is 29.4 Å². The Morgan fingerprint density at radius 3 is 2.29 bits per heavy atom. The fourth-order valence-corrected chi connectivity index (χ4v) is 3.49. The number of carboxylic acids is 1. The molecule has 1 heterocycles. The Bertz CT molecular complexity index is 1100. The van der Waals surface area contributed by atoms with Gasteiger partial charge in [-0.2, -0.15) is 0 Å². The highest BCUT2D eigenvalue weighted by Gasteiger charge is 2.29. The minimum Gasteiger partial charge on any atom is -0.481 e. The van der Waals surface area contributed by atoms with Gasteiger partial charge in [0.2, 0.25) is 5.91 Å². The molecule has 0 spiro atoms. The highest BCUT2D eigenvalue weighted by atomic mass is 19.1. The third-order valence-corrected chi connectivity index (χ3v) is 5.39. The maximum Gasteiger partial charge on any atom is 0.321 e. The van der Waals surface area contributed by atoms with Crippen molar-refractivity contribution in [3.63, 3.8) is 0 Å². The SMILES string of the molecule is CCN(CC)C(=O)Nc1cccn(C(Cc2ccccc2)C(=O)NC(CC(=O)O)C(=O)CF)c1=O. The highest BCUT2D eigenvalue weighted by Crippen LogP contribution is 2.16. The second-order valence-corrected chi connectivity index (χ2v) is 7.70. The van der Waals surface area contributed by atoms with Gasteiger partial charge in [0.15, 0.2) is 5.78 Å². The Kier molecular flexibility index (Phi) is 10.1. The first-order valence-electron chi connectivity index (χ1n) is 11.1. The highest BCUT2D eigenvalue weighted by molar-refractivity contribution is 5.93. The molecule has 3 N–H and O–H groups in total. The number of carbonyl (C=O) groups is 4. The number of nitrogens with zero attached hydrogens (tertiary/aromatic N) is 2. The first-order valence-corrected chi connectivity index (χ1v) is 11.1. The van der Waals surface area contributed by atoms with Crippen molar-refractivity contribution in [1.82, 2.24) is 14.8 Å². The normalized spacial score (nSPS) is 12.3. The van der Waals surface area contributed by atoms with Gasteiger partial charge in [0.05, 0.1) is 6.42 Å². The van der Waals surface area contributed by atoms with E-state index < -0.39 is 54.4 Å². The average molecular weight is 489 g/mol. The van der Waals surface area contributed by atoms with Crippen LogP contribution in [0.2, 0.25) is 0 Å². The zero-order valence-electron chi connectivity index (χ0n) is 19.6. The molecule has 0 aliphatic rings. The molecule has 0 saturated carbocycles. The van der Waals surface area contributed by atoms with E-state index in [2.05, 4.69) is 10.6 Å². The van der Waals surface area contributed by atoms with Gasteiger partial charge in [-0.3, -0.25) is 19.2 Å². The second kappa shape index (κ2) is 13.0. The summed E-state index contributed by atoms with van der Waals surface area (Å²) < 4.78 is 14.1. The maximum atomic E-state index is 13.2. The minimum atomic E-state index is -1.59. The molecule has 0 aliphatic heterocycles. The van der Waals surface area contributed by atoms with E-state index in [0.29, 0.717) is 18.7 Å². The quantitative estimate of drug-likeness (QED) is 0.418. The van der Waals surface area contributed by atoms with Crippen LogP contribution in [0.3, 0.4) is 0 Å². The van der Waals surface area contributed by atoms with Gasteiger partial charge in [0.1, 0.15) is 24.4 Å². The summed E-state index contributed by atoms with van der Waals surface area (Å²) in [6.07, 6.45) is 0.566. The third kappa shape index (κ3) is 7.49. The Morgan fingerprint density at radius 1 is 1.06 bits per heavy atom. The number of amides is 3. The number of hydrogen-bond donors (Lipinski definition) is 3. The van der Waals surface area contributed by atoms with E-state index in [4.69, 9.17) is 5.11 Å². The van der Waals surface area contributed by atoms with E-state index in [-0.39, 0.29) is 12.1 Å². The lowest BCUT2D eigenvalue weighted by Crippen LogP contribution is -2.47. The smallest absolute Gasteiger partial charge is 0.321 e. The monoisotopic (exact) mass is 488 g/mol. The lowest BCUT2D eigenvalue weighted by Gasteiger charge is -2.24. The Hall–Kier alpha value is -4.02. The molecule has 2 rings (SSSR count). The summed E-state index contributed by atoms with van der Waals surface area (Å²) in [6.45, 7) is 2.98. The molecular formula is C24H29FN4O6. The lowest BCUT2D eigenvalue weighted by molar-refractivity contribution is -0.140. The number of alkyl halides is 1. The number of anilines is 1. The summed E-state index contributed by atoms with van der Waals surface area (Å²) >= 11 is 0. The van der Waals surface area contributed by atoms with Crippen LogP contribution in [0.5, 0.6) is 0 Å². The molecule has 2 atom stereocenters. The van der Waals surface area contributed by atoms with Crippen molar-refractivity contribution < 1.29 is 28.7 Å². The summed E-state index contributed by atoms with van der Waals surface area (Å²) in [4.78, 5) is 63.4. The van der Waals surface area contributed by atoms with E-state index in [0.717, 1.165) is 4.57 Å². The molecule has 35 heavy (non-hydrogen) atoms. The number of aromatic nitrogens is 1. The predicted molar refractivity (Wildman–Crippen MR) is 127 cm³/mol. The number of rotatable bonds is 12. The van der Waals surface area contributed by atoms with Gasteiger partial charge < -0.3 is 25.2 Å². The number of ketones is 1. The van der Waals surface area contributed by atoms with Crippen molar-refractivity contribution in [3.05, 3.63) is 64.6 Å².